The zero-order valence-electron chi connectivity index (χ0n) is 19.1. The van der Waals surface area contributed by atoms with Gasteiger partial charge in [-0.15, -0.1) is 0 Å². The number of likely N-dealkylation sites (N-methyl/N-ethyl adjacent to an activating group) is 1. The molecule has 3 aromatic carbocycles. The van der Waals surface area contributed by atoms with E-state index in [-0.39, 0.29) is 11.7 Å². The van der Waals surface area contributed by atoms with E-state index in [0.717, 1.165) is 41.8 Å². The van der Waals surface area contributed by atoms with Crippen LogP contribution in [0.1, 0.15) is 24.0 Å². The van der Waals surface area contributed by atoms with E-state index in [1.807, 2.05) is 80.8 Å². The lowest BCUT2D eigenvalue weighted by molar-refractivity contribution is -0.111. The normalized spacial score (nSPS) is 14.0. The van der Waals surface area contributed by atoms with Crippen molar-refractivity contribution in [1.29, 1.82) is 0 Å². The number of phenols is 1. The summed E-state index contributed by atoms with van der Waals surface area (Å²) in [7, 11) is 4.02. The van der Waals surface area contributed by atoms with E-state index in [0.29, 0.717) is 23.8 Å². The number of carbonyl (C=O) groups is 1. The highest BCUT2D eigenvalue weighted by Crippen LogP contribution is 2.46. The molecule has 0 atom stereocenters. The fraction of sp³-hybridized carbons (Fsp3) is 0.250. The highest BCUT2D eigenvalue weighted by molar-refractivity contribution is 6.31. The van der Waals surface area contributed by atoms with Crippen LogP contribution in [0, 0.1) is 5.92 Å². The second-order valence-corrected chi connectivity index (χ2v) is 8.61. The quantitative estimate of drug-likeness (QED) is 0.349. The van der Waals surface area contributed by atoms with Crippen LogP contribution in [0.25, 0.3) is 11.1 Å². The van der Waals surface area contributed by atoms with Crippen molar-refractivity contribution in [2.45, 2.75) is 12.8 Å². The summed E-state index contributed by atoms with van der Waals surface area (Å²) in [6.07, 6.45) is 2.11. The molecule has 0 heterocycles. The van der Waals surface area contributed by atoms with Gasteiger partial charge in [-0.05, 0) is 86.0 Å². The molecule has 0 aliphatic heterocycles. The number of nitrogens with one attached hydrogen (secondary N) is 1. The monoisotopic (exact) mass is 442 g/mol. The van der Waals surface area contributed by atoms with E-state index in [4.69, 9.17) is 4.74 Å². The van der Waals surface area contributed by atoms with Crippen LogP contribution in [0.2, 0.25) is 0 Å². The van der Waals surface area contributed by atoms with Gasteiger partial charge in [-0.25, -0.2) is 0 Å². The van der Waals surface area contributed by atoms with Crippen molar-refractivity contribution in [3.05, 3.63) is 90.0 Å². The van der Waals surface area contributed by atoms with E-state index in [2.05, 4.69) is 10.2 Å². The maximum Gasteiger partial charge on any atom is 0.256 e. The number of aromatic hydroxyl groups is 1. The summed E-state index contributed by atoms with van der Waals surface area (Å²) in [5.41, 5.74) is 4.27. The van der Waals surface area contributed by atoms with Crippen LogP contribution in [-0.2, 0) is 4.79 Å². The number of phenolic OH excluding ortho intramolecular Hbond substituents is 1. The summed E-state index contributed by atoms with van der Waals surface area (Å²) in [5.74, 6) is 1.18. The number of nitrogens with zero attached hydrogens (tertiary/aromatic N) is 1. The Morgan fingerprint density at radius 3 is 2.21 bits per heavy atom. The Kier molecular flexibility index (Phi) is 7.10. The molecule has 1 aliphatic rings. The van der Waals surface area contributed by atoms with Crippen LogP contribution in [0.5, 0.6) is 11.5 Å². The molecule has 0 unspecified atom stereocenters. The molecule has 5 heteroatoms. The molecule has 1 aliphatic carbocycles. The average Bonchev–Trinajstić information content (AvgIpc) is 3.65. The molecule has 33 heavy (non-hydrogen) atoms. The van der Waals surface area contributed by atoms with Crippen molar-refractivity contribution in [2.24, 2.45) is 5.92 Å². The van der Waals surface area contributed by atoms with Gasteiger partial charge in [0, 0.05) is 12.2 Å². The van der Waals surface area contributed by atoms with Crippen LogP contribution in [0.3, 0.4) is 0 Å². The van der Waals surface area contributed by atoms with Gasteiger partial charge in [-0.3, -0.25) is 4.79 Å². The van der Waals surface area contributed by atoms with E-state index >= 15 is 0 Å². The Bertz CT molecular complexity index is 1100. The number of carbonyl (C=O) groups excluding carboxylic acids is 1. The zero-order valence-corrected chi connectivity index (χ0v) is 19.1. The molecular weight excluding hydrogens is 412 g/mol. The van der Waals surface area contributed by atoms with Gasteiger partial charge < -0.3 is 20.1 Å². The lowest BCUT2D eigenvalue weighted by Crippen LogP contribution is -2.19. The number of rotatable bonds is 9. The Labute approximate surface area is 195 Å². The summed E-state index contributed by atoms with van der Waals surface area (Å²) < 4.78 is 5.75. The fourth-order valence-electron chi connectivity index (χ4n) is 3.79. The van der Waals surface area contributed by atoms with Gasteiger partial charge in [0.15, 0.2) is 0 Å². The van der Waals surface area contributed by atoms with Gasteiger partial charge >= 0.3 is 0 Å². The molecule has 1 fully saturated rings. The van der Waals surface area contributed by atoms with Crippen molar-refractivity contribution in [3.63, 3.8) is 0 Å². The first-order chi connectivity index (χ1) is 16.0. The van der Waals surface area contributed by atoms with Crippen molar-refractivity contribution in [2.75, 3.05) is 32.6 Å². The third-order valence-electron chi connectivity index (χ3n) is 5.64. The van der Waals surface area contributed by atoms with Crippen LogP contribution < -0.4 is 10.1 Å². The maximum atomic E-state index is 13.6. The number of amides is 1. The number of hydrogen-bond acceptors (Lipinski definition) is 4. The highest BCUT2D eigenvalue weighted by atomic mass is 16.5. The number of hydrogen-bond donors (Lipinski definition) is 2. The first-order valence-corrected chi connectivity index (χ1v) is 11.3. The van der Waals surface area contributed by atoms with Crippen molar-refractivity contribution < 1.29 is 14.6 Å². The number of allylic oxidation sites excluding steroid dienone is 1. The van der Waals surface area contributed by atoms with E-state index in [9.17, 15) is 9.90 Å². The van der Waals surface area contributed by atoms with Crippen LogP contribution in [0.4, 0.5) is 5.69 Å². The minimum Gasteiger partial charge on any atom is -0.508 e. The first-order valence-electron chi connectivity index (χ1n) is 11.3. The molecular formula is C28H30N2O3. The van der Waals surface area contributed by atoms with Crippen LogP contribution in [-0.4, -0.2) is 43.2 Å². The van der Waals surface area contributed by atoms with E-state index in [1.165, 1.54) is 0 Å². The minimum atomic E-state index is -0.141. The SMILES string of the molecule is CN(C)CCOc1ccc(NC(=O)/C(=C(/c2ccc(O)cc2)C2CC2)c2ccccc2)cc1. The smallest absolute Gasteiger partial charge is 0.256 e. The van der Waals surface area contributed by atoms with Crippen molar-refractivity contribution >= 4 is 22.7 Å². The molecule has 0 spiro atoms. The predicted molar refractivity (Wildman–Crippen MR) is 133 cm³/mol. The molecule has 0 aromatic heterocycles. The summed E-state index contributed by atoms with van der Waals surface area (Å²) in [6.45, 7) is 1.45. The zero-order chi connectivity index (χ0) is 23.2. The lowest BCUT2D eigenvalue weighted by Gasteiger charge is -2.17. The topological polar surface area (TPSA) is 61.8 Å². The molecule has 4 rings (SSSR count). The molecule has 0 radical (unpaired) electrons. The number of anilines is 1. The second-order valence-electron chi connectivity index (χ2n) is 8.61. The minimum absolute atomic E-state index is 0.141. The van der Waals surface area contributed by atoms with E-state index < -0.39 is 0 Å². The largest absolute Gasteiger partial charge is 0.508 e. The standard InChI is InChI=1S/C28H30N2O3/c1-30(2)18-19-33-25-16-12-23(13-17-25)29-28(32)27(20-6-4-3-5-7-20)26(21-8-9-21)22-10-14-24(31)15-11-22/h3-7,10-17,21,31H,8-9,18-19H2,1-2H3,(H,29,32)/b27-26+. The lowest BCUT2D eigenvalue weighted by atomic mass is 9.90. The molecule has 0 saturated heterocycles. The summed E-state index contributed by atoms with van der Waals surface area (Å²) in [5, 5.41) is 12.8. The van der Waals surface area contributed by atoms with Crippen molar-refractivity contribution in [3.8, 4) is 11.5 Å². The van der Waals surface area contributed by atoms with Crippen molar-refractivity contribution in [1.82, 2.24) is 4.90 Å². The van der Waals surface area contributed by atoms with Gasteiger partial charge in [0.05, 0.1) is 5.57 Å². The molecule has 1 amide bonds. The van der Waals surface area contributed by atoms with Gasteiger partial charge in [0.2, 0.25) is 0 Å². The summed E-state index contributed by atoms with van der Waals surface area (Å²) in [4.78, 5) is 15.7. The maximum absolute atomic E-state index is 13.6. The molecule has 5 nitrogen and oxygen atoms in total. The third-order valence-corrected chi connectivity index (χ3v) is 5.64. The highest BCUT2D eigenvalue weighted by Gasteiger charge is 2.32. The van der Waals surface area contributed by atoms with Gasteiger partial charge in [0.1, 0.15) is 18.1 Å². The third kappa shape index (κ3) is 6.02. The van der Waals surface area contributed by atoms with Crippen LogP contribution in [0.15, 0.2) is 78.9 Å². The molecule has 170 valence electrons. The molecule has 1 saturated carbocycles. The van der Waals surface area contributed by atoms with Gasteiger partial charge in [0.25, 0.3) is 5.91 Å². The van der Waals surface area contributed by atoms with E-state index in [1.54, 1.807) is 12.1 Å². The van der Waals surface area contributed by atoms with Crippen LogP contribution >= 0.6 is 0 Å². The fourth-order valence-corrected chi connectivity index (χ4v) is 3.79. The first kappa shape index (κ1) is 22.6. The number of ether oxygens (including phenoxy) is 1. The Hall–Kier alpha value is -3.57. The Balaban J connectivity index is 1.62. The van der Waals surface area contributed by atoms with Gasteiger partial charge in [-0.2, -0.15) is 0 Å². The predicted octanol–water partition coefficient (Wildman–Crippen LogP) is 5.29. The summed E-state index contributed by atoms with van der Waals surface area (Å²) in [6, 6.07) is 24.4. The number of benzene rings is 3. The molecule has 0 bridgehead atoms. The molecule has 3 aromatic rings. The average molecular weight is 443 g/mol. The van der Waals surface area contributed by atoms with Gasteiger partial charge in [-0.1, -0.05) is 42.5 Å². The Morgan fingerprint density at radius 2 is 1.61 bits per heavy atom. The summed E-state index contributed by atoms with van der Waals surface area (Å²) >= 11 is 0. The second kappa shape index (κ2) is 10.4. The Morgan fingerprint density at radius 1 is 0.939 bits per heavy atom. The molecule has 2 N–H and O–H groups in total.